The van der Waals surface area contributed by atoms with Gasteiger partial charge in [0, 0.05) is 0 Å². The van der Waals surface area contributed by atoms with Crippen LogP contribution >= 0.6 is 0 Å². The molecule has 0 atom stereocenters. The van der Waals surface area contributed by atoms with Gasteiger partial charge in [0.2, 0.25) is 5.89 Å². The number of benzene rings is 2. The van der Waals surface area contributed by atoms with Crippen molar-refractivity contribution < 1.29 is 19.4 Å². The molecule has 1 aromatic heterocycles. The summed E-state index contributed by atoms with van der Waals surface area (Å²) >= 11 is 0. The van der Waals surface area contributed by atoms with Gasteiger partial charge in [-0.3, -0.25) is 0 Å². The molecule has 0 spiro atoms. The highest BCUT2D eigenvalue weighted by molar-refractivity contribution is 5.78. The molecule has 0 aliphatic carbocycles. The molecule has 0 bridgehead atoms. The summed E-state index contributed by atoms with van der Waals surface area (Å²) in [5, 5.41) is 18.9. The minimum atomic E-state index is -0.118. The number of oxazole rings is 1. The van der Waals surface area contributed by atoms with Crippen LogP contribution in [0.4, 0.5) is 0 Å². The van der Waals surface area contributed by atoms with E-state index in [1.165, 1.54) is 0 Å². The van der Waals surface area contributed by atoms with Crippen LogP contribution in [0.5, 0.6) is 11.5 Å². The van der Waals surface area contributed by atoms with E-state index in [0.29, 0.717) is 22.8 Å². The number of aromatic nitrogens is 1. The number of nitrogens with zero attached hydrogens (tertiary/aromatic N) is 1. The molecule has 2 aromatic carbocycles. The first-order valence-corrected chi connectivity index (χ1v) is 6.21. The Balaban J connectivity index is 2.04. The molecular weight excluding hydrogens is 258 g/mol. The molecule has 5 heteroatoms. The Kier molecular flexibility index (Phi) is 3.26. The van der Waals surface area contributed by atoms with Gasteiger partial charge in [-0.2, -0.15) is 0 Å². The summed E-state index contributed by atoms with van der Waals surface area (Å²) in [5.41, 5.74) is 1.84. The molecule has 3 aromatic rings. The van der Waals surface area contributed by atoms with E-state index < -0.39 is 0 Å². The number of aromatic hydroxyl groups is 1. The lowest BCUT2D eigenvalue weighted by Crippen LogP contribution is -2.01. The van der Waals surface area contributed by atoms with Crippen molar-refractivity contribution in [3.8, 4) is 23.0 Å². The summed E-state index contributed by atoms with van der Waals surface area (Å²) in [6.07, 6.45) is 0. The summed E-state index contributed by atoms with van der Waals surface area (Å²) in [6, 6.07) is 12.4. The molecule has 20 heavy (non-hydrogen) atoms. The molecule has 0 unspecified atom stereocenters. The van der Waals surface area contributed by atoms with Crippen LogP contribution in [-0.4, -0.2) is 28.4 Å². The van der Waals surface area contributed by atoms with Crippen molar-refractivity contribution in [2.45, 2.75) is 0 Å². The van der Waals surface area contributed by atoms with E-state index in [4.69, 9.17) is 14.3 Å². The Hall–Kier alpha value is -2.53. The number of hydrogen-bond acceptors (Lipinski definition) is 5. The predicted molar refractivity (Wildman–Crippen MR) is 73.7 cm³/mol. The second-order valence-corrected chi connectivity index (χ2v) is 4.21. The van der Waals surface area contributed by atoms with Gasteiger partial charge < -0.3 is 19.4 Å². The first-order chi connectivity index (χ1) is 9.79. The van der Waals surface area contributed by atoms with Gasteiger partial charge in [-0.15, -0.1) is 0 Å². The number of hydrogen-bond donors (Lipinski definition) is 2. The van der Waals surface area contributed by atoms with Crippen molar-refractivity contribution in [3.05, 3.63) is 42.5 Å². The largest absolute Gasteiger partial charge is 0.504 e. The Morgan fingerprint density at radius 2 is 1.95 bits per heavy atom. The van der Waals surface area contributed by atoms with Gasteiger partial charge in [0.1, 0.15) is 12.1 Å². The first-order valence-electron chi connectivity index (χ1n) is 6.21. The van der Waals surface area contributed by atoms with E-state index in [1.54, 1.807) is 18.2 Å². The molecule has 0 amide bonds. The van der Waals surface area contributed by atoms with Crippen molar-refractivity contribution in [1.82, 2.24) is 4.98 Å². The third kappa shape index (κ3) is 2.19. The quantitative estimate of drug-likeness (QED) is 0.762. The zero-order valence-corrected chi connectivity index (χ0v) is 10.6. The average molecular weight is 271 g/mol. The molecule has 3 rings (SSSR count). The van der Waals surface area contributed by atoms with Crippen molar-refractivity contribution >= 4 is 11.1 Å². The zero-order chi connectivity index (χ0) is 13.9. The second-order valence-electron chi connectivity index (χ2n) is 4.21. The summed E-state index contributed by atoms with van der Waals surface area (Å²) in [4.78, 5) is 4.33. The van der Waals surface area contributed by atoms with Gasteiger partial charge in [-0.1, -0.05) is 18.2 Å². The summed E-state index contributed by atoms with van der Waals surface area (Å²) < 4.78 is 10.9. The number of phenolic OH excluding ortho intramolecular Hbond substituents is 1. The second kappa shape index (κ2) is 5.22. The van der Waals surface area contributed by atoms with Crippen molar-refractivity contribution in [2.75, 3.05) is 13.2 Å². The lowest BCUT2D eigenvalue weighted by atomic mass is 10.2. The number of rotatable bonds is 4. The van der Waals surface area contributed by atoms with Gasteiger partial charge in [0.25, 0.3) is 0 Å². The van der Waals surface area contributed by atoms with Crippen LogP contribution in [0.1, 0.15) is 0 Å². The third-order valence-electron chi connectivity index (χ3n) is 2.87. The van der Waals surface area contributed by atoms with Crippen LogP contribution in [0, 0.1) is 0 Å². The van der Waals surface area contributed by atoms with Gasteiger partial charge in [-0.05, 0) is 24.3 Å². The maximum atomic E-state index is 10.2. The highest BCUT2D eigenvalue weighted by atomic mass is 16.5. The molecule has 0 radical (unpaired) electrons. The molecule has 0 aliphatic rings. The standard InChI is InChI=1S/C15H13NO4/c17-8-9-19-13-7-3-4-10(14(13)18)15-16-11-5-1-2-6-12(11)20-15/h1-7,17-18H,8-9H2. The maximum Gasteiger partial charge on any atom is 0.231 e. The molecule has 0 saturated carbocycles. The number of fused-ring (bicyclic) bond motifs is 1. The molecule has 102 valence electrons. The van der Waals surface area contributed by atoms with Gasteiger partial charge in [0.05, 0.1) is 12.2 Å². The monoisotopic (exact) mass is 271 g/mol. The first kappa shape index (κ1) is 12.5. The lowest BCUT2D eigenvalue weighted by Gasteiger charge is -2.08. The van der Waals surface area contributed by atoms with E-state index in [9.17, 15) is 5.11 Å². The van der Waals surface area contributed by atoms with E-state index in [1.807, 2.05) is 24.3 Å². The van der Waals surface area contributed by atoms with Crippen molar-refractivity contribution in [1.29, 1.82) is 0 Å². The fourth-order valence-electron chi connectivity index (χ4n) is 1.95. The topological polar surface area (TPSA) is 75.7 Å². The summed E-state index contributed by atoms with van der Waals surface area (Å²) in [6.45, 7) is -0.00285. The van der Waals surface area contributed by atoms with Gasteiger partial charge >= 0.3 is 0 Å². The Morgan fingerprint density at radius 3 is 2.75 bits per heavy atom. The molecule has 0 saturated heterocycles. The SMILES string of the molecule is OCCOc1cccc(-c2nc3ccccc3o2)c1O. The molecule has 1 heterocycles. The van der Waals surface area contributed by atoms with Crippen LogP contribution in [0.25, 0.3) is 22.6 Å². The van der Waals surface area contributed by atoms with Crippen LogP contribution < -0.4 is 4.74 Å². The predicted octanol–water partition coefficient (Wildman–Crippen LogP) is 2.57. The highest BCUT2D eigenvalue weighted by Crippen LogP contribution is 2.37. The average Bonchev–Trinajstić information content (AvgIpc) is 2.90. The minimum absolute atomic E-state index is 0.0486. The lowest BCUT2D eigenvalue weighted by molar-refractivity contribution is 0.197. The van der Waals surface area contributed by atoms with Crippen molar-refractivity contribution in [2.24, 2.45) is 0 Å². The number of ether oxygens (including phenoxy) is 1. The third-order valence-corrected chi connectivity index (χ3v) is 2.87. The smallest absolute Gasteiger partial charge is 0.231 e. The number of aliphatic hydroxyl groups is 1. The minimum Gasteiger partial charge on any atom is -0.504 e. The normalized spacial score (nSPS) is 10.8. The van der Waals surface area contributed by atoms with Gasteiger partial charge in [-0.25, -0.2) is 4.98 Å². The fourth-order valence-corrected chi connectivity index (χ4v) is 1.95. The number of aliphatic hydroxyl groups excluding tert-OH is 1. The number of para-hydroxylation sites is 3. The summed E-state index contributed by atoms with van der Waals surface area (Å²) in [7, 11) is 0. The van der Waals surface area contributed by atoms with E-state index >= 15 is 0 Å². The molecular formula is C15H13NO4. The Bertz CT molecular complexity index is 703. The Morgan fingerprint density at radius 1 is 1.10 bits per heavy atom. The molecule has 2 N–H and O–H groups in total. The number of phenols is 1. The van der Waals surface area contributed by atoms with E-state index in [2.05, 4.69) is 4.98 Å². The maximum absolute atomic E-state index is 10.2. The van der Waals surface area contributed by atoms with Crippen LogP contribution in [0.2, 0.25) is 0 Å². The highest BCUT2D eigenvalue weighted by Gasteiger charge is 2.15. The Labute approximate surface area is 115 Å². The molecule has 0 fully saturated rings. The van der Waals surface area contributed by atoms with Crippen molar-refractivity contribution in [3.63, 3.8) is 0 Å². The van der Waals surface area contributed by atoms with E-state index in [-0.39, 0.29) is 19.0 Å². The van der Waals surface area contributed by atoms with Crippen LogP contribution in [-0.2, 0) is 0 Å². The van der Waals surface area contributed by atoms with Gasteiger partial charge in [0.15, 0.2) is 17.1 Å². The van der Waals surface area contributed by atoms with Crippen LogP contribution in [0.15, 0.2) is 46.9 Å². The summed E-state index contributed by atoms with van der Waals surface area (Å²) in [5.74, 6) is 0.574. The fraction of sp³-hybridized carbons (Fsp3) is 0.133. The molecule has 5 nitrogen and oxygen atoms in total. The zero-order valence-electron chi connectivity index (χ0n) is 10.6. The molecule has 0 aliphatic heterocycles. The van der Waals surface area contributed by atoms with E-state index in [0.717, 1.165) is 5.52 Å². The van der Waals surface area contributed by atoms with Crippen LogP contribution in [0.3, 0.4) is 0 Å².